The van der Waals surface area contributed by atoms with E-state index in [0.717, 1.165) is 13.2 Å². The molecular formula is C11H10F4O. The summed E-state index contributed by atoms with van der Waals surface area (Å²) in [4.78, 5) is 0. The summed E-state index contributed by atoms with van der Waals surface area (Å²) < 4.78 is 57.1. The van der Waals surface area contributed by atoms with E-state index in [1.807, 2.05) is 0 Å². The zero-order valence-electron chi connectivity index (χ0n) is 8.57. The summed E-state index contributed by atoms with van der Waals surface area (Å²) in [6.07, 6.45) is -4.68. The Kier molecular flexibility index (Phi) is 2.45. The van der Waals surface area contributed by atoms with Gasteiger partial charge in [0.1, 0.15) is 5.82 Å². The average molecular weight is 234 g/mol. The standard InChI is InChI=1S/C11H10F4O/c1-16-10(11(13,14)15)6-5-7-3-2-4-8(12)9(7)10/h2-4H,5-6H2,1H3. The average Bonchev–Trinajstić information content (AvgIpc) is 2.58. The van der Waals surface area contributed by atoms with Crippen molar-refractivity contribution in [2.75, 3.05) is 7.11 Å². The first-order valence-electron chi connectivity index (χ1n) is 4.82. The molecule has 0 bridgehead atoms. The fraction of sp³-hybridized carbons (Fsp3) is 0.455. The number of methoxy groups -OCH3 is 1. The number of fused-ring (bicyclic) bond motifs is 1. The SMILES string of the molecule is COC1(C(F)(F)F)CCc2cccc(F)c21. The van der Waals surface area contributed by atoms with Gasteiger partial charge in [-0.15, -0.1) is 0 Å². The first-order valence-corrected chi connectivity index (χ1v) is 4.82. The molecule has 0 N–H and O–H groups in total. The summed E-state index contributed by atoms with van der Waals surface area (Å²) in [5.41, 5.74) is -2.46. The van der Waals surface area contributed by atoms with E-state index in [0.29, 0.717) is 5.56 Å². The van der Waals surface area contributed by atoms with Crippen molar-refractivity contribution in [3.63, 3.8) is 0 Å². The molecule has 0 spiro atoms. The maximum Gasteiger partial charge on any atom is 0.421 e. The van der Waals surface area contributed by atoms with Crippen LogP contribution < -0.4 is 0 Å². The minimum Gasteiger partial charge on any atom is -0.364 e. The minimum absolute atomic E-state index is 0.181. The van der Waals surface area contributed by atoms with Crippen LogP contribution in [-0.2, 0) is 16.8 Å². The Labute approximate surface area is 90.0 Å². The molecule has 5 heteroatoms. The number of aryl methyl sites for hydroxylation is 1. The summed E-state index contributed by atoms with van der Waals surface area (Å²) in [5, 5.41) is 0. The molecule has 1 aliphatic carbocycles. The van der Waals surface area contributed by atoms with Crippen molar-refractivity contribution in [1.29, 1.82) is 0 Å². The summed E-state index contributed by atoms with van der Waals surface area (Å²) >= 11 is 0. The summed E-state index contributed by atoms with van der Waals surface area (Å²) in [5.74, 6) is -0.853. The zero-order valence-corrected chi connectivity index (χ0v) is 8.57. The normalized spacial score (nSPS) is 24.6. The third kappa shape index (κ3) is 1.34. The monoisotopic (exact) mass is 234 g/mol. The lowest BCUT2D eigenvalue weighted by Crippen LogP contribution is -2.42. The Morgan fingerprint density at radius 2 is 2.00 bits per heavy atom. The Balaban J connectivity index is 2.64. The van der Waals surface area contributed by atoms with Gasteiger partial charge in [-0.2, -0.15) is 13.2 Å². The summed E-state index contributed by atoms with van der Waals surface area (Å²) in [6, 6.07) is 3.95. The van der Waals surface area contributed by atoms with Gasteiger partial charge >= 0.3 is 6.18 Å². The number of rotatable bonds is 1. The topological polar surface area (TPSA) is 9.23 Å². The molecule has 0 aromatic heterocycles. The maximum atomic E-state index is 13.5. The van der Waals surface area contributed by atoms with Gasteiger partial charge in [0.2, 0.25) is 0 Å². The van der Waals surface area contributed by atoms with Gasteiger partial charge in [-0.3, -0.25) is 0 Å². The van der Waals surface area contributed by atoms with Crippen LogP contribution in [0.3, 0.4) is 0 Å². The Bertz CT molecular complexity index is 413. The predicted octanol–water partition coefficient (Wildman–Crippen LogP) is 3.18. The number of hydrogen-bond donors (Lipinski definition) is 0. The lowest BCUT2D eigenvalue weighted by molar-refractivity contribution is -0.276. The number of benzene rings is 1. The third-order valence-corrected chi connectivity index (χ3v) is 3.06. The van der Waals surface area contributed by atoms with E-state index < -0.39 is 17.6 Å². The van der Waals surface area contributed by atoms with Crippen molar-refractivity contribution >= 4 is 0 Å². The molecule has 0 fully saturated rings. The molecule has 1 atom stereocenters. The molecular weight excluding hydrogens is 224 g/mol. The highest BCUT2D eigenvalue weighted by atomic mass is 19.4. The molecule has 0 aliphatic heterocycles. The van der Waals surface area contributed by atoms with Crippen LogP contribution in [-0.4, -0.2) is 13.3 Å². The smallest absolute Gasteiger partial charge is 0.364 e. The molecule has 0 saturated heterocycles. The van der Waals surface area contributed by atoms with E-state index in [-0.39, 0.29) is 18.4 Å². The number of halogens is 4. The van der Waals surface area contributed by atoms with E-state index in [1.165, 1.54) is 12.1 Å². The predicted molar refractivity (Wildman–Crippen MR) is 49.5 cm³/mol. The van der Waals surface area contributed by atoms with Crippen molar-refractivity contribution in [3.05, 3.63) is 35.1 Å². The molecule has 1 aromatic carbocycles. The van der Waals surface area contributed by atoms with Gasteiger partial charge in [0, 0.05) is 12.7 Å². The van der Waals surface area contributed by atoms with Gasteiger partial charge in [0.25, 0.3) is 0 Å². The van der Waals surface area contributed by atoms with Crippen LogP contribution in [0, 0.1) is 5.82 Å². The van der Waals surface area contributed by atoms with Crippen molar-refractivity contribution in [3.8, 4) is 0 Å². The van der Waals surface area contributed by atoms with Gasteiger partial charge in [-0.25, -0.2) is 4.39 Å². The highest BCUT2D eigenvalue weighted by molar-refractivity contribution is 5.40. The van der Waals surface area contributed by atoms with E-state index in [1.54, 1.807) is 0 Å². The lowest BCUT2D eigenvalue weighted by Gasteiger charge is -2.31. The van der Waals surface area contributed by atoms with Crippen LogP contribution in [0.4, 0.5) is 17.6 Å². The maximum absolute atomic E-state index is 13.5. The van der Waals surface area contributed by atoms with Crippen molar-refractivity contribution in [2.45, 2.75) is 24.6 Å². The van der Waals surface area contributed by atoms with Crippen LogP contribution >= 0.6 is 0 Å². The molecule has 2 rings (SSSR count). The van der Waals surface area contributed by atoms with Crippen molar-refractivity contribution < 1.29 is 22.3 Å². The highest BCUT2D eigenvalue weighted by Crippen LogP contribution is 2.51. The lowest BCUT2D eigenvalue weighted by atomic mass is 9.94. The molecule has 1 aromatic rings. The summed E-state index contributed by atoms with van der Waals surface area (Å²) in [6.45, 7) is 0. The van der Waals surface area contributed by atoms with Crippen LogP contribution in [0.1, 0.15) is 17.5 Å². The van der Waals surface area contributed by atoms with Crippen LogP contribution in [0.5, 0.6) is 0 Å². The second kappa shape index (κ2) is 3.45. The van der Waals surface area contributed by atoms with E-state index in [2.05, 4.69) is 4.74 Å². The molecule has 16 heavy (non-hydrogen) atoms. The fourth-order valence-corrected chi connectivity index (χ4v) is 2.27. The first-order chi connectivity index (χ1) is 7.42. The Hall–Kier alpha value is -1.10. The second-order valence-corrected chi connectivity index (χ2v) is 3.80. The molecule has 0 heterocycles. The number of ether oxygens (including phenoxy) is 1. The fourth-order valence-electron chi connectivity index (χ4n) is 2.27. The summed E-state index contributed by atoms with van der Waals surface area (Å²) in [7, 11) is 0.967. The van der Waals surface area contributed by atoms with Gasteiger partial charge < -0.3 is 4.74 Å². The highest BCUT2D eigenvalue weighted by Gasteiger charge is 2.60. The van der Waals surface area contributed by atoms with Gasteiger partial charge in [-0.1, -0.05) is 12.1 Å². The Morgan fingerprint density at radius 3 is 2.56 bits per heavy atom. The quantitative estimate of drug-likeness (QED) is 0.678. The number of alkyl halides is 3. The third-order valence-electron chi connectivity index (χ3n) is 3.06. The van der Waals surface area contributed by atoms with E-state index in [9.17, 15) is 17.6 Å². The first kappa shape index (κ1) is 11.4. The molecule has 1 nitrogen and oxygen atoms in total. The Morgan fingerprint density at radius 1 is 1.31 bits per heavy atom. The van der Waals surface area contributed by atoms with Gasteiger partial charge in [0.05, 0.1) is 0 Å². The largest absolute Gasteiger partial charge is 0.421 e. The van der Waals surface area contributed by atoms with Crippen LogP contribution in [0.2, 0.25) is 0 Å². The molecule has 0 saturated carbocycles. The molecule has 0 amide bonds. The van der Waals surface area contributed by atoms with Crippen molar-refractivity contribution in [1.82, 2.24) is 0 Å². The zero-order chi connectivity index (χ0) is 12.0. The van der Waals surface area contributed by atoms with E-state index >= 15 is 0 Å². The molecule has 1 unspecified atom stereocenters. The van der Waals surface area contributed by atoms with Gasteiger partial charge in [0.15, 0.2) is 5.60 Å². The van der Waals surface area contributed by atoms with E-state index in [4.69, 9.17) is 0 Å². The van der Waals surface area contributed by atoms with Crippen LogP contribution in [0.15, 0.2) is 18.2 Å². The number of hydrogen-bond acceptors (Lipinski definition) is 1. The molecule has 0 radical (unpaired) electrons. The van der Waals surface area contributed by atoms with Gasteiger partial charge in [-0.05, 0) is 24.5 Å². The minimum atomic E-state index is -4.60. The molecule has 88 valence electrons. The van der Waals surface area contributed by atoms with Crippen molar-refractivity contribution in [2.24, 2.45) is 0 Å². The second-order valence-electron chi connectivity index (χ2n) is 3.80. The van der Waals surface area contributed by atoms with Crippen LogP contribution in [0.25, 0.3) is 0 Å². The molecule has 1 aliphatic rings.